The van der Waals surface area contributed by atoms with Crippen molar-refractivity contribution in [3.63, 3.8) is 0 Å². The van der Waals surface area contributed by atoms with E-state index in [2.05, 4.69) is 0 Å². The van der Waals surface area contributed by atoms with Crippen molar-refractivity contribution >= 4 is 11.8 Å². The third-order valence-electron chi connectivity index (χ3n) is 5.29. The number of fused-ring (bicyclic) bond motifs is 2. The number of ether oxygens (including phenoxy) is 1. The molecule has 3 aromatic carbocycles. The summed E-state index contributed by atoms with van der Waals surface area (Å²) < 4.78 is 6.21. The number of amides is 2. The number of rotatable bonds is 2. The highest BCUT2D eigenvalue weighted by Crippen LogP contribution is 2.45. The van der Waals surface area contributed by atoms with Crippen molar-refractivity contribution in [1.82, 2.24) is 4.90 Å². The number of nitrogens with zero attached hydrogens (tertiary/aromatic N) is 1. The van der Waals surface area contributed by atoms with Gasteiger partial charge in [-0.1, -0.05) is 60.7 Å². The van der Waals surface area contributed by atoms with Gasteiger partial charge in [0.1, 0.15) is 11.9 Å². The van der Waals surface area contributed by atoms with E-state index < -0.39 is 0 Å². The molecular weight excluding hydrogens is 338 g/mol. The largest absolute Gasteiger partial charge is 0.485 e. The van der Waals surface area contributed by atoms with E-state index in [1.165, 1.54) is 4.90 Å². The average molecular weight is 355 g/mol. The van der Waals surface area contributed by atoms with E-state index in [9.17, 15) is 9.59 Å². The Balaban J connectivity index is 1.59. The summed E-state index contributed by atoms with van der Waals surface area (Å²) in [5.74, 6) is 0.257. The topological polar surface area (TPSA) is 46.6 Å². The molecule has 0 N–H and O–H groups in total. The van der Waals surface area contributed by atoms with E-state index in [-0.39, 0.29) is 24.0 Å². The Morgan fingerprint density at radius 2 is 1.33 bits per heavy atom. The Hall–Kier alpha value is -3.40. The lowest BCUT2D eigenvalue weighted by Crippen LogP contribution is -2.37. The first-order valence-corrected chi connectivity index (χ1v) is 9.01. The molecule has 0 saturated carbocycles. The van der Waals surface area contributed by atoms with Gasteiger partial charge in [-0.3, -0.25) is 14.5 Å². The molecular formula is C23H17NO3. The molecule has 2 atom stereocenters. The highest BCUT2D eigenvalue weighted by atomic mass is 16.5. The van der Waals surface area contributed by atoms with Crippen LogP contribution in [0.1, 0.15) is 50.4 Å². The second-order valence-corrected chi connectivity index (χ2v) is 6.83. The Kier molecular flexibility index (Phi) is 3.57. The third-order valence-corrected chi connectivity index (χ3v) is 5.29. The van der Waals surface area contributed by atoms with Crippen molar-refractivity contribution < 1.29 is 14.3 Å². The zero-order chi connectivity index (χ0) is 18.4. The predicted molar refractivity (Wildman–Crippen MR) is 101 cm³/mol. The maximum Gasteiger partial charge on any atom is 0.262 e. The molecule has 2 amide bonds. The summed E-state index contributed by atoms with van der Waals surface area (Å²) in [6.07, 6.45) is 0.322. The van der Waals surface area contributed by atoms with E-state index in [1.807, 2.05) is 54.6 Å². The molecule has 2 aliphatic rings. The van der Waals surface area contributed by atoms with Crippen molar-refractivity contribution in [2.24, 2.45) is 0 Å². The molecule has 0 aromatic heterocycles. The van der Waals surface area contributed by atoms with Crippen LogP contribution in [0.5, 0.6) is 5.75 Å². The van der Waals surface area contributed by atoms with Gasteiger partial charge in [0.2, 0.25) is 0 Å². The minimum Gasteiger partial charge on any atom is -0.485 e. The molecule has 2 aliphatic heterocycles. The van der Waals surface area contributed by atoms with E-state index in [0.29, 0.717) is 17.5 Å². The van der Waals surface area contributed by atoms with Gasteiger partial charge >= 0.3 is 0 Å². The van der Waals surface area contributed by atoms with Gasteiger partial charge in [-0.25, -0.2) is 0 Å². The van der Waals surface area contributed by atoms with Crippen LogP contribution in [0.4, 0.5) is 0 Å². The van der Waals surface area contributed by atoms with Crippen molar-refractivity contribution in [1.29, 1.82) is 0 Å². The fourth-order valence-electron chi connectivity index (χ4n) is 4.00. The summed E-state index contributed by atoms with van der Waals surface area (Å²) in [6.45, 7) is 0. The zero-order valence-corrected chi connectivity index (χ0v) is 14.5. The minimum absolute atomic E-state index is 0.213. The van der Waals surface area contributed by atoms with Gasteiger partial charge in [-0.05, 0) is 23.8 Å². The molecule has 4 nitrogen and oxygen atoms in total. The zero-order valence-electron chi connectivity index (χ0n) is 14.5. The molecule has 4 heteroatoms. The quantitative estimate of drug-likeness (QED) is 0.634. The molecule has 0 saturated heterocycles. The highest BCUT2D eigenvalue weighted by molar-refractivity contribution is 6.21. The summed E-state index contributed by atoms with van der Waals surface area (Å²) in [5, 5.41) is 0. The van der Waals surface area contributed by atoms with Gasteiger partial charge in [0.15, 0.2) is 0 Å². The maximum absolute atomic E-state index is 13.0. The first-order valence-electron chi connectivity index (χ1n) is 9.01. The van der Waals surface area contributed by atoms with Crippen LogP contribution in [-0.4, -0.2) is 16.7 Å². The molecule has 27 heavy (non-hydrogen) atoms. The molecule has 0 fully saturated rings. The van der Waals surface area contributed by atoms with Gasteiger partial charge in [0, 0.05) is 12.0 Å². The first-order chi connectivity index (χ1) is 13.2. The van der Waals surface area contributed by atoms with Crippen LogP contribution < -0.4 is 4.74 Å². The number of para-hydroxylation sites is 1. The normalized spacial score (nSPS) is 20.8. The number of imide groups is 1. The van der Waals surface area contributed by atoms with Crippen LogP contribution in [0.15, 0.2) is 78.9 Å². The van der Waals surface area contributed by atoms with Crippen molar-refractivity contribution in [2.75, 3.05) is 0 Å². The van der Waals surface area contributed by atoms with Gasteiger partial charge in [-0.15, -0.1) is 0 Å². The maximum atomic E-state index is 13.0. The molecule has 0 aliphatic carbocycles. The van der Waals surface area contributed by atoms with Crippen LogP contribution in [0.2, 0.25) is 0 Å². The van der Waals surface area contributed by atoms with E-state index in [0.717, 1.165) is 16.9 Å². The average Bonchev–Trinajstić information content (AvgIpc) is 2.98. The number of carbonyl (C=O) groups is 2. The molecule has 0 radical (unpaired) electrons. The fraction of sp³-hybridized carbons (Fsp3) is 0.130. The van der Waals surface area contributed by atoms with E-state index in [1.54, 1.807) is 24.3 Å². The van der Waals surface area contributed by atoms with Crippen LogP contribution in [0.3, 0.4) is 0 Å². The number of carbonyl (C=O) groups excluding carboxylic acids is 2. The second kappa shape index (κ2) is 6.09. The molecule has 0 spiro atoms. The Labute approximate surface area is 157 Å². The number of hydrogen-bond donors (Lipinski definition) is 0. The lowest BCUT2D eigenvalue weighted by Gasteiger charge is -2.36. The van der Waals surface area contributed by atoms with Gasteiger partial charge in [0.05, 0.1) is 17.2 Å². The van der Waals surface area contributed by atoms with Crippen molar-refractivity contribution in [3.8, 4) is 5.75 Å². The van der Waals surface area contributed by atoms with Gasteiger partial charge in [-0.2, -0.15) is 0 Å². The fourth-order valence-corrected chi connectivity index (χ4v) is 4.00. The van der Waals surface area contributed by atoms with Gasteiger partial charge < -0.3 is 4.74 Å². The highest BCUT2D eigenvalue weighted by Gasteiger charge is 2.44. The van der Waals surface area contributed by atoms with Crippen LogP contribution in [0, 0.1) is 0 Å². The summed E-state index contributed by atoms with van der Waals surface area (Å²) in [6, 6.07) is 24.2. The molecule has 0 bridgehead atoms. The summed E-state index contributed by atoms with van der Waals surface area (Å²) in [4.78, 5) is 27.5. The molecule has 2 heterocycles. The summed E-state index contributed by atoms with van der Waals surface area (Å²) in [7, 11) is 0. The van der Waals surface area contributed by atoms with E-state index in [4.69, 9.17) is 4.74 Å². The smallest absolute Gasteiger partial charge is 0.262 e. The lowest BCUT2D eigenvalue weighted by atomic mass is 9.92. The SMILES string of the molecule is O=C1c2ccccc2C(=O)N1[C@H]1C[C@H](c2ccccc2)Oc2ccccc21. The minimum atomic E-state index is -0.354. The Morgan fingerprint density at radius 1 is 0.741 bits per heavy atom. The molecule has 0 unspecified atom stereocenters. The standard InChI is InChI=1S/C23H17NO3/c25-22-16-10-4-5-11-17(16)23(26)24(22)19-14-21(15-8-2-1-3-9-15)27-20-13-7-6-12-18(19)20/h1-13,19,21H,14H2/t19-,21+/m0/s1. The van der Waals surface area contributed by atoms with Crippen LogP contribution in [-0.2, 0) is 0 Å². The van der Waals surface area contributed by atoms with Gasteiger partial charge in [0.25, 0.3) is 11.8 Å². The Morgan fingerprint density at radius 3 is 2.04 bits per heavy atom. The Bertz CT molecular complexity index is 1010. The number of benzene rings is 3. The van der Waals surface area contributed by atoms with Crippen molar-refractivity contribution in [3.05, 3.63) is 101 Å². The lowest BCUT2D eigenvalue weighted by molar-refractivity contribution is 0.0478. The van der Waals surface area contributed by atoms with Crippen LogP contribution in [0.25, 0.3) is 0 Å². The third kappa shape index (κ3) is 2.45. The van der Waals surface area contributed by atoms with Crippen LogP contribution >= 0.6 is 0 Å². The summed E-state index contributed by atoms with van der Waals surface area (Å²) >= 11 is 0. The monoisotopic (exact) mass is 355 g/mol. The van der Waals surface area contributed by atoms with Crippen molar-refractivity contribution in [2.45, 2.75) is 18.6 Å². The first kappa shape index (κ1) is 15.8. The van der Waals surface area contributed by atoms with E-state index >= 15 is 0 Å². The predicted octanol–water partition coefficient (Wildman–Crippen LogP) is 4.55. The molecule has 132 valence electrons. The molecule has 3 aromatic rings. The number of hydrogen-bond acceptors (Lipinski definition) is 3. The summed E-state index contributed by atoms with van der Waals surface area (Å²) in [5.41, 5.74) is 2.86. The second-order valence-electron chi connectivity index (χ2n) is 6.83. The molecule has 5 rings (SSSR count).